The first-order chi connectivity index (χ1) is 17.2. The quantitative estimate of drug-likeness (QED) is 0.221. The first kappa shape index (κ1) is 30.6. The Balaban J connectivity index is 2.33. The second-order valence-electron chi connectivity index (χ2n) is 9.62. The van der Waals surface area contributed by atoms with Gasteiger partial charge < -0.3 is 15.1 Å². The number of nitrogens with zero attached hydrogens (tertiary/aromatic N) is 1. The molecule has 0 heterocycles. The number of carbonyl (C=O) groups excluding carboxylic acids is 2. The summed E-state index contributed by atoms with van der Waals surface area (Å²) in [5.74, 6) is -1.92. The highest BCUT2D eigenvalue weighted by Crippen LogP contribution is 2.46. The largest absolute Gasteiger partial charge is 0.606 e. The molecule has 2 aromatic carbocycles. The summed E-state index contributed by atoms with van der Waals surface area (Å²) in [7, 11) is -0.00101. The van der Waals surface area contributed by atoms with Crippen molar-refractivity contribution in [1.29, 1.82) is 0 Å². The monoisotopic (exact) mass is 543 g/mol. The van der Waals surface area contributed by atoms with Crippen LogP contribution in [-0.4, -0.2) is 66.5 Å². The molecule has 0 aliphatic carbocycles. The maximum absolute atomic E-state index is 14.7. The Labute approximate surface area is 217 Å². The Hall–Kier alpha value is -2.61. The van der Waals surface area contributed by atoms with Crippen LogP contribution < -0.4 is 16.3 Å². The van der Waals surface area contributed by atoms with E-state index in [1.54, 1.807) is 36.4 Å². The van der Waals surface area contributed by atoms with Gasteiger partial charge in [-0.2, -0.15) is 0 Å². The number of hydrogen-bond donors (Lipinski definition) is 4. The first-order valence-corrected chi connectivity index (χ1v) is 14.5. The summed E-state index contributed by atoms with van der Waals surface area (Å²) < 4.78 is 33.0. The Morgan fingerprint density at radius 3 is 2.35 bits per heavy atom. The molecule has 0 aliphatic heterocycles. The number of hydrogen-bond acceptors (Lipinski definition) is 6. The number of nitrogens with one attached hydrogen (secondary N) is 2. The third-order valence-corrected chi connectivity index (χ3v) is 7.11. The van der Waals surface area contributed by atoms with Crippen LogP contribution in [0.5, 0.6) is 0 Å². The molecule has 12 heteroatoms. The van der Waals surface area contributed by atoms with E-state index in [0.717, 1.165) is 10.5 Å². The molecule has 0 radical (unpaired) electrons. The van der Waals surface area contributed by atoms with Crippen molar-refractivity contribution >= 4 is 27.5 Å². The van der Waals surface area contributed by atoms with E-state index < -0.39 is 57.7 Å². The molecule has 0 aliphatic rings. The molecule has 2 rings (SSSR count). The smallest absolute Gasteiger partial charge is 0.311 e. The van der Waals surface area contributed by atoms with Gasteiger partial charge >= 0.3 is 5.91 Å². The molecular weight excluding hydrogens is 506 g/mol. The number of benzene rings is 2. The van der Waals surface area contributed by atoms with E-state index in [1.807, 2.05) is 18.8 Å². The van der Waals surface area contributed by atoms with Gasteiger partial charge in [-0.25, -0.2) is 34.2 Å². The summed E-state index contributed by atoms with van der Waals surface area (Å²) in [6, 6.07) is 11.0. The molecule has 6 N–H and O–H groups in total. The van der Waals surface area contributed by atoms with Crippen molar-refractivity contribution in [1.82, 2.24) is 4.90 Å². The standard InChI is InChI=1S/C25H36F2N4O5S/c1-16(26)14-36-15-17-6-8-18(9-7-17)24(30(2)25(34)21(32)13-23(28)33)31(35)29-19-10-11-22(20(27)12-19)37(3,4)5/h6-12,16,21,24,29,31-32H,13-15H2,1-5H3,(H2,28,33)/p+1. The fourth-order valence-electron chi connectivity index (χ4n) is 3.64. The minimum absolute atomic E-state index is 0.0566. The Morgan fingerprint density at radius 2 is 1.84 bits per heavy atom. The van der Waals surface area contributed by atoms with Crippen molar-refractivity contribution in [2.24, 2.45) is 0 Å². The number of alkyl halides is 1. The number of ether oxygens (including phenoxy) is 1. The minimum Gasteiger partial charge on any atom is -0.606 e. The fraction of sp³-hybridized carbons (Fsp3) is 0.440. The highest BCUT2D eigenvalue weighted by molar-refractivity contribution is 8.32. The number of likely N-dealkylation sites (N-methyl/N-ethyl adjacent to an activating group) is 1. The summed E-state index contributed by atoms with van der Waals surface area (Å²) in [5.41, 5.74) is 7.16. The molecule has 0 bridgehead atoms. The molecule has 2 amide bonds. The number of hydroxylamine groups is 1. The van der Waals surface area contributed by atoms with Crippen LogP contribution in [0, 0.1) is 11.0 Å². The number of aliphatic hydroxyl groups excluding tert-OH is 1. The van der Waals surface area contributed by atoms with Crippen LogP contribution in [0.4, 0.5) is 14.5 Å². The van der Waals surface area contributed by atoms with Crippen molar-refractivity contribution < 1.29 is 39.1 Å². The van der Waals surface area contributed by atoms with Gasteiger partial charge in [0.15, 0.2) is 0 Å². The van der Waals surface area contributed by atoms with E-state index in [-0.39, 0.29) is 18.9 Å². The van der Waals surface area contributed by atoms with E-state index >= 15 is 0 Å². The number of amides is 2. The summed E-state index contributed by atoms with van der Waals surface area (Å²) in [5, 5.41) is 22.9. The SMILES string of the molecule is CC(F)COCc1ccc(C(N(C)C(=O)C(O)CC([NH3+])=O)[NH+]([O-])Nc2ccc(S(C)(C)C)c(F)c2)cc1. The van der Waals surface area contributed by atoms with Crippen molar-refractivity contribution in [3.05, 3.63) is 64.6 Å². The van der Waals surface area contributed by atoms with Crippen LogP contribution in [0.2, 0.25) is 0 Å². The summed E-state index contributed by atoms with van der Waals surface area (Å²) in [6.07, 6.45) is 1.38. The Bertz CT molecular complexity index is 1070. The van der Waals surface area contributed by atoms with Crippen molar-refractivity contribution in [3.8, 4) is 0 Å². The normalized spacial score (nSPS) is 15.4. The van der Waals surface area contributed by atoms with Crippen molar-refractivity contribution in [3.63, 3.8) is 0 Å². The molecule has 37 heavy (non-hydrogen) atoms. The van der Waals surface area contributed by atoms with Crippen LogP contribution in [0.1, 0.15) is 30.6 Å². The fourth-order valence-corrected chi connectivity index (χ4v) is 4.76. The number of anilines is 1. The number of halogens is 2. The van der Waals surface area contributed by atoms with E-state index in [4.69, 9.17) is 4.74 Å². The molecule has 4 atom stereocenters. The van der Waals surface area contributed by atoms with Crippen molar-refractivity contribution in [2.45, 2.75) is 43.3 Å². The van der Waals surface area contributed by atoms with E-state index in [9.17, 15) is 28.7 Å². The average Bonchev–Trinajstić information content (AvgIpc) is 2.78. The molecule has 0 aromatic heterocycles. The summed E-state index contributed by atoms with van der Waals surface area (Å²) in [4.78, 5) is 25.7. The highest BCUT2D eigenvalue weighted by atomic mass is 32.3. The number of carbonyl (C=O) groups is 2. The van der Waals surface area contributed by atoms with Gasteiger partial charge in [-0.15, -0.1) is 0 Å². The number of rotatable bonds is 13. The van der Waals surface area contributed by atoms with Crippen molar-refractivity contribution in [2.75, 3.05) is 37.8 Å². The second-order valence-corrected chi connectivity index (χ2v) is 13.7. The van der Waals surface area contributed by atoms with Gasteiger partial charge in [-0.05, 0) is 43.4 Å². The van der Waals surface area contributed by atoms with E-state index in [2.05, 4.69) is 11.2 Å². The lowest BCUT2D eigenvalue weighted by atomic mass is 10.1. The molecule has 0 saturated heterocycles. The summed E-state index contributed by atoms with van der Waals surface area (Å²) >= 11 is 0. The average molecular weight is 544 g/mol. The third kappa shape index (κ3) is 9.02. The van der Waals surface area contributed by atoms with Crippen LogP contribution in [0.25, 0.3) is 0 Å². The van der Waals surface area contributed by atoms with Gasteiger partial charge in [0.25, 0.3) is 5.91 Å². The predicted molar refractivity (Wildman–Crippen MR) is 139 cm³/mol. The maximum Gasteiger partial charge on any atom is 0.311 e. The first-order valence-electron chi connectivity index (χ1n) is 11.6. The van der Waals surface area contributed by atoms with Gasteiger partial charge in [0, 0.05) is 23.6 Å². The van der Waals surface area contributed by atoms with Crippen LogP contribution in [-0.2, 0) is 20.9 Å². The van der Waals surface area contributed by atoms with Crippen LogP contribution in [0.3, 0.4) is 0 Å². The zero-order chi connectivity index (χ0) is 27.9. The second kappa shape index (κ2) is 13.3. The van der Waals surface area contributed by atoms with Gasteiger partial charge in [-0.3, -0.25) is 15.4 Å². The predicted octanol–water partition coefficient (Wildman–Crippen LogP) is 1.14. The van der Waals surface area contributed by atoms with E-state index in [1.165, 1.54) is 20.0 Å². The van der Waals surface area contributed by atoms with Crippen LogP contribution in [0.15, 0.2) is 47.4 Å². The highest BCUT2D eigenvalue weighted by Gasteiger charge is 2.33. The Morgan fingerprint density at radius 1 is 1.22 bits per heavy atom. The maximum atomic E-state index is 14.7. The molecular formula is C25H37F2N4O5S+. The van der Waals surface area contributed by atoms with Gasteiger partial charge in [0.05, 0.1) is 25.3 Å². The topological polar surface area (TPSA) is 134 Å². The molecule has 0 spiro atoms. The molecule has 0 fully saturated rings. The lowest BCUT2D eigenvalue weighted by Crippen LogP contribution is -3.12. The van der Waals surface area contributed by atoms with Gasteiger partial charge in [0.2, 0.25) is 6.17 Å². The number of aliphatic hydroxyl groups is 1. The zero-order valence-electron chi connectivity index (χ0n) is 21.8. The van der Waals surface area contributed by atoms with E-state index in [0.29, 0.717) is 10.5 Å². The zero-order valence-corrected chi connectivity index (χ0v) is 22.6. The molecule has 0 saturated carbocycles. The lowest BCUT2D eigenvalue weighted by molar-refractivity contribution is -0.871. The third-order valence-electron chi connectivity index (χ3n) is 5.46. The molecule has 2 aromatic rings. The van der Waals surface area contributed by atoms with Gasteiger partial charge in [-0.1, -0.05) is 24.3 Å². The number of quaternary nitrogens is 2. The molecule has 9 nitrogen and oxygen atoms in total. The summed E-state index contributed by atoms with van der Waals surface area (Å²) in [6.45, 7) is 1.49. The van der Waals surface area contributed by atoms with Gasteiger partial charge in [0.1, 0.15) is 18.1 Å². The Kier molecular flexibility index (Phi) is 11.0. The molecule has 206 valence electrons. The minimum atomic E-state index is -1.67. The molecule has 4 unspecified atom stereocenters. The lowest BCUT2D eigenvalue weighted by Gasteiger charge is -2.37. The van der Waals surface area contributed by atoms with Crippen LogP contribution >= 0.6 is 10.0 Å².